The molecule has 0 radical (unpaired) electrons. The molecule has 3 aromatic rings. The van der Waals surface area contributed by atoms with E-state index in [2.05, 4.69) is 75.8 Å². The van der Waals surface area contributed by atoms with Crippen LogP contribution < -0.4 is 10.2 Å². The Bertz CT molecular complexity index is 1180. The zero-order valence-electron chi connectivity index (χ0n) is 21.6. The lowest BCUT2D eigenvalue weighted by Crippen LogP contribution is -2.54. The van der Waals surface area contributed by atoms with Crippen LogP contribution in [0.4, 0.5) is 5.69 Å². The minimum atomic E-state index is -0.575. The van der Waals surface area contributed by atoms with E-state index in [1.807, 2.05) is 12.1 Å². The van der Waals surface area contributed by atoms with Gasteiger partial charge in [0.1, 0.15) is 5.75 Å². The number of β-amino-alcohol motifs (C(OH)–C–C–N with tert-alkyl or cyclic N) is 1. The normalized spacial score (nSPS) is 24.0. The fourth-order valence-corrected chi connectivity index (χ4v) is 6.79. The molecule has 2 heterocycles. The molecule has 0 unspecified atom stereocenters. The topological polar surface area (TPSA) is 59.0 Å². The largest absolute Gasteiger partial charge is 0.508 e. The van der Waals surface area contributed by atoms with Crippen LogP contribution >= 0.6 is 0 Å². The fourth-order valence-electron chi connectivity index (χ4n) is 6.79. The van der Waals surface area contributed by atoms with Gasteiger partial charge in [0.15, 0.2) is 0 Å². The number of nitrogens with zero attached hydrogens (tertiary/aromatic N) is 2. The van der Waals surface area contributed by atoms with Crippen molar-refractivity contribution < 1.29 is 10.2 Å². The monoisotopic (exact) mass is 497 g/mol. The molecule has 0 bridgehead atoms. The summed E-state index contributed by atoms with van der Waals surface area (Å²) in [5, 5.41) is 24.8. The van der Waals surface area contributed by atoms with Crippen molar-refractivity contribution in [3.8, 4) is 5.75 Å². The molecule has 37 heavy (non-hydrogen) atoms. The summed E-state index contributed by atoms with van der Waals surface area (Å²) in [5.41, 5.74) is 5.98. The summed E-state index contributed by atoms with van der Waals surface area (Å²) in [7, 11) is 0. The van der Waals surface area contributed by atoms with Crippen molar-refractivity contribution in [1.29, 1.82) is 0 Å². The maximum atomic E-state index is 11.2. The Balaban J connectivity index is 1.20. The van der Waals surface area contributed by atoms with Crippen LogP contribution in [0.3, 0.4) is 0 Å². The zero-order valence-corrected chi connectivity index (χ0v) is 21.6. The molecule has 3 aliphatic rings. The number of hydrogen-bond acceptors (Lipinski definition) is 5. The number of aromatic hydroxyl groups is 1. The number of hydrogen-bond donors (Lipinski definition) is 3. The Morgan fingerprint density at radius 1 is 0.838 bits per heavy atom. The maximum Gasteiger partial charge on any atom is 0.115 e. The molecule has 1 aliphatic carbocycles. The Hall–Kier alpha value is -2.86. The molecular formula is C32H39N3O2. The summed E-state index contributed by atoms with van der Waals surface area (Å²) >= 11 is 0. The predicted octanol–water partition coefficient (Wildman–Crippen LogP) is 4.49. The highest BCUT2D eigenvalue weighted by molar-refractivity contribution is 5.52. The van der Waals surface area contributed by atoms with Gasteiger partial charge in [-0.25, -0.2) is 0 Å². The number of nitrogens with one attached hydrogen (secondary N) is 1. The molecule has 5 nitrogen and oxygen atoms in total. The van der Waals surface area contributed by atoms with Gasteiger partial charge < -0.3 is 20.4 Å². The van der Waals surface area contributed by atoms with Gasteiger partial charge in [-0.05, 0) is 78.1 Å². The average Bonchev–Trinajstić information content (AvgIpc) is 2.94. The second kappa shape index (κ2) is 10.5. The van der Waals surface area contributed by atoms with Crippen LogP contribution in [0.1, 0.15) is 53.4 Å². The van der Waals surface area contributed by atoms with Gasteiger partial charge in [-0.3, -0.25) is 4.90 Å². The minimum Gasteiger partial charge on any atom is -0.508 e. The fraction of sp³-hybridized carbons (Fsp3) is 0.438. The van der Waals surface area contributed by atoms with Crippen LogP contribution in [-0.2, 0) is 6.42 Å². The molecule has 2 saturated heterocycles. The number of aliphatic hydroxyl groups is 1. The van der Waals surface area contributed by atoms with Crippen LogP contribution in [0.2, 0.25) is 0 Å². The van der Waals surface area contributed by atoms with Gasteiger partial charge in [-0.15, -0.1) is 0 Å². The minimum absolute atomic E-state index is 0.270. The summed E-state index contributed by atoms with van der Waals surface area (Å²) in [4.78, 5) is 4.84. The van der Waals surface area contributed by atoms with Crippen LogP contribution in [-0.4, -0.2) is 66.5 Å². The molecule has 2 atom stereocenters. The third-order valence-corrected chi connectivity index (χ3v) is 8.86. The first kappa shape index (κ1) is 24.5. The Morgan fingerprint density at radius 2 is 1.57 bits per heavy atom. The quantitative estimate of drug-likeness (QED) is 0.485. The first-order chi connectivity index (χ1) is 18.1. The maximum absolute atomic E-state index is 11.2. The number of aryl methyl sites for hydroxylation is 1. The lowest BCUT2D eigenvalue weighted by atomic mass is 9.69. The standard InChI is InChI=1S/C32H39N3O2/c36-28-11-13-30-26(22-28)8-12-29(24-4-2-1-3-5-24)31(30)25-6-9-27(10-7-25)35-18-14-32(37,15-19-35)23-34-20-16-33-17-21-34/h1-7,9-11,13,22,29,31,33,36-37H,8,12,14-21,23H2/t29-,31+/m1/s1. The number of phenolic OH excluding ortho intramolecular Hbond substituents is 1. The van der Waals surface area contributed by atoms with Crippen molar-refractivity contribution >= 4 is 5.69 Å². The molecule has 3 N–H and O–H groups in total. The van der Waals surface area contributed by atoms with Crippen molar-refractivity contribution in [1.82, 2.24) is 10.2 Å². The highest BCUT2D eigenvalue weighted by Gasteiger charge is 2.35. The van der Waals surface area contributed by atoms with Gasteiger partial charge in [0.2, 0.25) is 0 Å². The smallest absolute Gasteiger partial charge is 0.115 e. The van der Waals surface area contributed by atoms with Crippen LogP contribution in [0.25, 0.3) is 0 Å². The van der Waals surface area contributed by atoms with Gasteiger partial charge in [-0.2, -0.15) is 0 Å². The summed E-state index contributed by atoms with van der Waals surface area (Å²) < 4.78 is 0. The number of phenols is 1. The number of benzene rings is 3. The number of anilines is 1. The van der Waals surface area contributed by atoms with Gasteiger partial charge in [0.25, 0.3) is 0 Å². The molecule has 2 fully saturated rings. The van der Waals surface area contributed by atoms with E-state index in [0.717, 1.165) is 71.5 Å². The van der Waals surface area contributed by atoms with Crippen molar-refractivity contribution in [3.05, 3.63) is 95.1 Å². The molecule has 0 saturated carbocycles. The van der Waals surface area contributed by atoms with E-state index in [1.165, 1.54) is 27.9 Å². The van der Waals surface area contributed by atoms with E-state index in [4.69, 9.17) is 0 Å². The van der Waals surface area contributed by atoms with Gasteiger partial charge >= 0.3 is 0 Å². The summed E-state index contributed by atoms with van der Waals surface area (Å²) in [6.07, 6.45) is 3.69. The summed E-state index contributed by atoms with van der Waals surface area (Å²) in [6, 6.07) is 25.9. The molecule has 6 rings (SSSR count). The first-order valence-corrected chi connectivity index (χ1v) is 14.0. The number of piperidine rings is 1. The van der Waals surface area contributed by atoms with E-state index in [-0.39, 0.29) is 5.92 Å². The van der Waals surface area contributed by atoms with E-state index < -0.39 is 5.60 Å². The molecule has 0 aromatic heterocycles. The Kier molecular flexibility index (Phi) is 6.94. The molecule has 0 amide bonds. The molecule has 5 heteroatoms. The average molecular weight is 498 g/mol. The van der Waals surface area contributed by atoms with Crippen LogP contribution in [0.5, 0.6) is 5.75 Å². The zero-order chi connectivity index (χ0) is 25.2. The second-order valence-electron chi connectivity index (χ2n) is 11.2. The van der Waals surface area contributed by atoms with Crippen molar-refractivity contribution in [3.63, 3.8) is 0 Å². The van der Waals surface area contributed by atoms with Gasteiger partial charge in [-0.1, -0.05) is 48.5 Å². The lowest BCUT2D eigenvalue weighted by molar-refractivity contribution is -0.0186. The predicted molar refractivity (Wildman–Crippen MR) is 150 cm³/mol. The van der Waals surface area contributed by atoms with E-state index in [1.54, 1.807) is 0 Å². The van der Waals surface area contributed by atoms with Crippen molar-refractivity contribution in [2.45, 2.75) is 43.1 Å². The van der Waals surface area contributed by atoms with E-state index in [0.29, 0.717) is 11.7 Å². The number of fused-ring (bicyclic) bond motifs is 1. The van der Waals surface area contributed by atoms with Gasteiger partial charge in [0, 0.05) is 57.4 Å². The van der Waals surface area contributed by atoms with Crippen LogP contribution in [0.15, 0.2) is 72.8 Å². The molecule has 3 aromatic carbocycles. The van der Waals surface area contributed by atoms with Crippen molar-refractivity contribution in [2.75, 3.05) is 50.7 Å². The summed E-state index contributed by atoms with van der Waals surface area (Å²) in [6.45, 7) is 6.67. The SMILES string of the molecule is Oc1ccc2c(c1)CC[C@H](c1ccccc1)[C@@H]2c1ccc(N2CCC(O)(CN3CCNCC3)CC2)cc1. The van der Waals surface area contributed by atoms with Gasteiger partial charge in [0.05, 0.1) is 5.60 Å². The van der Waals surface area contributed by atoms with Crippen LogP contribution in [0, 0.1) is 0 Å². The lowest BCUT2D eigenvalue weighted by Gasteiger charge is -2.42. The molecule has 0 spiro atoms. The summed E-state index contributed by atoms with van der Waals surface area (Å²) in [5.74, 6) is 1.04. The highest BCUT2D eigenvalue weighted by atomic mass is 16.3. The van der Waals surface area contributed by atoms with E-state index >= 15 is 0 Å². The third kappa shape index (κ3) is 5.26. The highest BCUT2D eigenvalue weighted by Crippen LogP contribution is 2.47. The third-order valence-electron chi connectivity index (χ3n) is 8.86. The molecular weight excluding hydrogens is 458 g/mol. The van der Waals surface area contributed by atoms with E-state index in [9.17, 15) is 10.2 Å². The number of piperazine rings is 1. The number of rotatable bonds is 5. The molecule has 2 aliphatic heterocycles. The Labute approximate surface area is 220 Å². The second-order valence-corrected chi connectivity index (χ2v) is 11.2. The Morgan fingerprint density at radius 3 is 2.30 bits per heavy atom. The molecule has 194 valence electrons. The first-order valence-electron chi connectivity index (χ1n) is 14.0. The van der Waals surface area contributed by atoms with Crippen molar-refractivity contribution in [2.24, 2.45) is 0 Å².